The van der Waals surface area contributed by atoms with Gasteiger partial charge in [0.15, 0.2) is 0 Å². The molecule has 174 valence electrons. The molecule has 0 atom stereocenters. The average Bonchev–Trinajstić information content (AvgIpc) is 2.91. The summed E-state index contributed by atoms with van der Waals surface area (Å²) in [6.45, 7) is 7.16. The summed E-state index contributed by atoms with van der Waals surface area (Å²) >= 11 is 0. The third-order valence-corrected chi connectivity index (χ3v) is 11.6. The standard InChI is InChI=1S/C33H38Si/c1-4-6-17-27-25-29(18-7-5-2)33(28-19-11-8-12-20-28)32(26-27)34(3,30-21-13-9-14-22-30)31-23-15-10-16-24-31/h8-16,19-26H,4-7,17-18H2,1-3H3. The highest BCUT2D eigenvalue weighted by Crippen LogP contribution is 2.28. The van der Waals surface area contributed by atoms with Gasteiger partial charge in [0.1, 0.15) is 8.07 Å². The van der Waals surface area contributed by atoms with E-state index in [9.17, 15) is 0 Å². The SMILES string of the molecule is CCCCc1cc(CCCC)c(-c2ccccc2)c([Si](C)(c2ccccc2)c2ccccc2)c1. The van der Waals surface area contributed by atoms with Gasteiger partial charge in [0.05, 0.1) is 0 Å². The smallest absolute Gasteiger partial charge is 0.0654 e. The number of hydrogen-bond donors (Lipinski definition) is 0. The molecule has 0 unspecified atom stereocenters. The average molecular weight is 463 g/mol. The van der Waals surface area contributed by atoms with Crippen LogP contribution in [0.15, 0.2) is 103 Å². The molecule has 0 amide bonds. The van der Waals surface area contributed by atoms with E-state index >= 15 is 0 Å². The first-order valence-corrected chi connectivity index (χ1v) is 15.5. The Hall–Kier alpha value is -2.90. The molecule has 0 spiro atoms. The van der Waals surface area contributed by atoms with Crippen molar-refractivity contribution in [2.45, 2.75) is 58.9 Å². The predicted octanol–water partition coefficient (Wildman–Crippen LogP) is 7.14. The fraction of sp³-hybridized carbons (Fsp3) is 0.273. The Bertz CT molecular complexity index is 1120. The first kappa shape index (κ1) is 24.2. The molecule has 0 radical (unpaired) electrons. The zero-order valence-corrected chi connectivity index (χ0v) is 22.1. The number of unbranched alkanes of at least 4 members (excludes halogenated alkanes) is 2. The number of rotatable bonds is 10. The highest BCUT2D eigenvalue weighted by atomic mass is 28.3. The topological polar surface area (TPSA) is 0 Å². The van der Waals surface area contributed by atoms with E-state index in [0.717, 1.165) is 12.8 Å². The van der Waals surface area contributed by atoms with Crippen LogP contribution in [0.2, 0.25) is 6.55 Å². The van der Waals surface area contributed by atoms with E-state index in [-0.39, 0.29) is 0 Å². The van der Waals surface area contributed by atoms with E-state index in [2.05, 4.69) is 124 Å². The van der Waals surface area contributed by atoms with Gasteiger partial charge in [0.25, 0.3) is 0 Å². The van der Waals surface area contributed by atoms with Crippen LogP contribution in [0.1, 0.15) is 50.7 Å². The molecule has 0 aliphatic heterocycles. The lowest BCUT2D eigenvalue weighted by Gasteiger charge is -2.33. The molecule has 4 aromatic carbocycles. The second kappa shape index (κ2) is 11.5. The van der Waals surface area contributed by atoms with E-state index in [1.165, 1.54) is 58.3 Å². The molecule has 0 nitrogen and oxygen atoms in total. The van der Waals surface area contributed by atoms with Crippen molar-refractivity contribution < 1.29 is 0 Å². The van der Waals surface area contributed by atoms with Crippen LogP contribution in [0.4, 0.5) is 0 Å². The van der Waals surface area contributed by atoms with Gasteiger partial charge in [-0.2, -0.15) is 0 Å². The minimum atomic E-state index is -2.25. The second-order valence-electron chi connectivity index (χ2n) is 9.61. The third kappa shape index (κ3) is 5.10. The lowest BCUT2D eigenvalue weighted by molar-refractivity contribution is 0.782. The van der Waals surface area contributed by atoms with Gasteiger partial charge >= 0.3 is 0 Å². The zero-order chi connectivity index (χ0) is 23.8. The van der Waals surface area contributed by atoms with Crippen molar-refractivity contribution in [3.8, 4) is 11.1 Å². The summed E-state index contributed by atoms with van der Waals surface area (Å²) in [7, 11) is -2.25. The zero-order valence-electron chi connectivity index (χ0n) is 21.1. The Balaban J connectivity index is 2.07. The van der Waals surface area contributed by atoms with E-state index in [0.29, 0.717) is 0 Å². The summed E-state index contributed by atoms with van der Waals surface area (Å²) in [5, 5.41) is 4.52. The van der Waals surface area contributed by atoms with Crippen LogP contribution in [-0.4, -0.2) is 8.07 Å². The summed E-state index contributed by atoms with van der Waals surface area (Å²) in [5.41, 5.74) is 5.88. The normalized spacial score (nSPS) is 11.5. The van der Waals surface area contributed by atoms with E-state index in [1.807, 2.05) is 0 Å². The van der Waals surface area contributed by atoms with Gasteiger partial charge < -0.3 is 0 Å². The predicted molar refractivity (Wildman–Crippen MR) is 153 cm³/mol. The van der Waals surface area contributed by atoms with Crippen molar-refractivity contribution in [1.29, 1.82) is 0 Å². The molecule has 1 heteroatoms. The van der Waals surface area contributed by atoms with Gasteiger partial charge in [-0.15, -0.1) is 0 Å². The summed E-state index contributed by atoms with van der Waals surface area (Å²) in [6, 6.07) is 38.8. The molecule has 0 heterocycles. The maximum absolute atomic E-state index is 2.58. The van der Waals surface area contributed by atoms with Gasteiger partial charge in [-0.05, 0) is 63.5 Å². The minimum Gasteiger partial charge on any atom is -0.0654 e. The van der Waals surface area contributed by atoms with Crippen molar-refractivity contribution in [1.82, 2.24) is 0 Å². The molecule has 0 bridgehead atoms. The van der Waals surface area contributed by atoms with Gasteiger partial charge in [0.2, 0.25) is 0 Å². The molecular weight excluding hydrogens is 424 g/mol. The van der Waals surface area contributed by atoms with Crippen LogP contribution in [0.3, 0.4) is 0 Å². The van der Waals surface area contributed by atoms with Crippen LogP contribution in [0.25, 0.3) is 11.1 Å². The minimum absolute atomic E-state index is 1.14. The van der Waals surface area contributed by atoms with Crippen molar-refractivity contribution in [2.24, 2.45) is 0 Å². The lowest BCUT2D eigenvalue weighted by atomic mass is 9.93. The molecule has 0 fully saturated rings. The molecule has 4 rings (SSSR count). The molecule has 0 saturated heterocycles. The van der Waals surface area contributed by atoms with Crippen LogP contribution < -0.4 is 15.6 Å². The highest BCUT2D eigenvalue weighted by Gasteiger charge is 2.37. The maximum atomic E-state index is 2.58. The first-order valence-electron chi connectivity index (χ1n) is 13.0. The molecule has 0 saturated carbocycles. The number of benzene rings is 4. The van der Waals surface area contributed by atoms with Gasteiger partial charge in [-0.25, -0.2) is 0 Å². The first-order chi connectivity index (χ1) is 16.7. The van der Waals surface area contributed by atoms with Gasteiger partial charge in [-0.1, -0.05) is 136 Å². The van der Waals surface area contributed by atoms with Crippen LogP contribution in [0.5, 0.6) is 0 Å². The van der Waals surface area contributed by atoms with Crippen LogP contribution >= 0.6 is 0 Å². The Morgan fingerprint density at radius 2 is 1.09 bits per heavy atom. The largest absolute Gasteiger partial charge is 0.146 e. The third-order valence-electron chi connectivity index (χ3n) is 7.20. The van der Waals surface area contributed by atoms with Gasteiger partial charge in [0, 0.05) is 0 Å². The Kier molecular flexibility index (Phi) is 8.19. The molecule has 0 aromatic heterocycles. The number of hydrogen-bond acceptors (Lipinski definition) is 0. The van der Waals surface area contributed by atoms with E-state index in [1.54, 1.807) is 5.19 Å². The van der Waals surface area contributed by atoms with Crippen LogP contribution in [-0.2, 0) is 12.8 Å². The quantitative estimate of drug-likeness (QED) is 0.174. The van der Waals surface area contributed by atoms with Gasteiger partial charge in [-0.3, -0.25) is 0 Å². The fourth-order valence-corrected chi connectivity index (χ4v) is 9.17. The Morgan fingerprint density at radius 3 is 1.62 bits per heavy atom. The molecule has 0 N–H and O–H groups in total. The Morgan fingerprint density at radius 1 is 0.588 bits per heavy atom. The number of aryl methyl sites for hydroxylation is 2. The molecule has 0 aliphatic rings. The molecule has 0 aliphatic carbocycles. The summed E-state index contributed by atoms with van der Waals surface area (Å²) in [5.74, 6) is 0. The summed E-state index contributed by atoms with van der Waals surface area (Å²) in [6.07, 6.45) is 7.21. The van der Waals surface area contributed by atoms with Crippen molar-refractivity contribution in [3.63, 3.8) is 0 Å². The molecule has 34 heavy (non-hydrogen) atoms. The van der Waals surface area contributed by atoms with Crippen LogP contribution in [0, 0.1) is 0 Å². The monoisotopic (exact) mass is 462 g/mol. The van der Waals surface area contributed by atoms with Crippen molar-refractivity contribution in [3.05, 3.63) is 114 Å². The summed E-state index contributed by atoms with van der Waals surface area (Å²) < 4.78 is 0. The van der Waals surface area contributed by atoms with Crippen molar-refractivity contribution in [2.75, 3.05) is 0 Å². The highest BCUT2D eigenvalue weighted by molar-refractivity contribution is 7.11. The fourth-order valence-electron chi connectivity index (χ4n) is 5.22. The lowest BCUT2D eigenvalue weighted by Crippen LogP contribution is -2.65. The summed E-state index contributed by atoms with van der Waals surface area (Å²) in [4.78, 5) is 0. The van der Waals surface area contributed by atoms with Crippen molar-refractivity contribution >= 4 is 23.6 Å². The second-order valence-corrected chi connectivity index (χ2v) is 13.6. The molecular formula is C33H38Si. The maximum Gasteiger partial charge on any atom is 0.146 e. The Labute approximate surface area is 207 Å². The van der Waals surface area contributed by atoms with E-state index < -0.39 is 8.07 Å². The van der Waals surface area contributed by atoms with E-state index in [4.69, 9.17) is 0 Å². The molecule has 4 aromatic rings.